The van der Waals surface area contributed by atoms with Gasteiger partial charge in [0.2, 0.25) is 0 Å². The molecule has 102 valence electrons. The van der Waals surface area contributed by atoms with Gasteiger partial charge in [0.05, 0.1) is 0 Å². The first-order valence-corrected chi connectivity index (χ1v) is 7.66. The Balaban J connectivity index is 1.56. The number of hydrogen-bond acceptors (Lipinski definition) is 3. The van der Waals surface area contributed by atoms with E-state index in [0.29, 0.717) is 10.3 Å². The van der Waals surface area contributed by atoms with Gasteiger partial charge in [-0.3, -0.25) is 9.69 Å². The molecule has 0 N–H and O–H groups in total. The first kappa shape index (κ1) is 13.1. The van der Waals surface area contributed by atoms with Crippen LogP contribution in [0.4, 0.5) is 0 Å². The minimum Gasteiger partial charge on any atom is -0.335 e. The van der Waals surface area contributed by atoms with E-state index in [1.165, 1.54) is 19.4 Å². The molecule has 2 fully saturated rings. The first-order valence-electron chi connectivity index (χ1n) is 6.86. The molecule has 2 aliphatic rings. The summed E-state index contributed by atoms with van der Waals surface area (Å²) in [6, 6.07) is 5.47. The highest BCUT2D eigenvalue weighted by Crippen LogP contribution is 2.29. The summed E-state index contributed by atoms with van der Waals surface area (Å²) in [5.41, 5.74) is 0.532. The normalized spacial score (nSPS) is 20.6. The van der Waals surface area contributed by atoms with Crippen molar-refractivity contribution in [1.82, 2.24) is 14.8 Å². The topological polar surface area (TPSA) is 36.4 Å². The Morgan fingerprint density at radius 2 is 2.00 bits per heavy atom. The van der Waals surface area contributed by atoms with E-state index in [2.05, 4.69) is 25.8 Å². The molecule has 4 nitrogen and oxygen atoms in total. The largest absolute Gasteiger partial charge is 0.335 e. The van der Waals surface area contributed by atoms with Crippen molar-refractivity contribution < 1.29 is 4.79 Å². The Kier molecular flexibility index (Phi) is 3.84. The number of carbonyl (C=O) groups is 1. The summed E-state index contributed by atoms with van der Waals surface area (Å²) < 4.78 is 0.714. The van der Waals surface area contributed by atoms with Gasteiger partial charge in [0.1, 0.15) is 10.3 Å². The van der Waals surface area contributed by atoms with Crippen LogP contribution in [0, 0.1) is 5.92 Å². The molecule has 1 amide bonds. The SMILES string of the molecule is O=C(c1cccc(Br)n1)N1CCN(CC2CC2)CC1. The predicted molar refractivity (Wildman–Crippen MR) is 77.0 cm³/mol. The quantitative estimate of drug-likeness (QED) is 0.798. The van der Waals surface area contributed by atoms with Crippen LogP contribution >= 0.6 is 15.9 Å². The molecule has 1 saturated heterocycles. The Hall–Kier alpha value is -0.940. The molecule has 0 radical (unpaired) electrons. The second-order valence-electron chi connectivity index (χ2n) is 5.38. The van der Waals surface area contributed by atoms with Gasteiger partial charge >= 0.3 is 0 Å². The van der Waals surface area contributed by atoms with Crippen LogP contribution in [0.2, 0.25) is 0 Å². The Labute approximate surface area is 121 Å². The molecular weight excluding hydrogens is 306 g/mol. The minimum absolute atomic E-state index is 0.0485. The van der Waals surface area contributed by atoms with E-state index in [0.717, 1.165) is 32.1 Å². The fourth-order valence-electron chi connectivity index (χ4n) is 2.49. The first-order chi connectivity index (χ1) is 9.22. The Morgan fingerprint density at radius 1 is 1.26 bits per heavy atom. The van der Waals surface area contributed by atoms with Crippen LogP contribution in [-0.2, 0) is 0 Å². The van der Waals surface area contributed by atoms with Crippen LogP contribution in [-0.4, -0.2) is 53.4 Å². The monoisotopic (exact) mass is 323 g/mol. The summed E-state index contributed by atoms with van der Waals surface area (Å²) >= 11 is 3.31. The smallest absolute Gasteiger partial charge is 0.272 e. The van der Waals surface area contributed by atoms with Gasteiger partial charge in [-0.05, 0) is 46.8 Å². The number of rotatable bonds is 3. The second kappa shape index (κ2) is 5.59. The number of halogens is 1. The maximum Gasteiger partial charge on any atom is 0.272 e. The lowest BCUT2D eigenvalue weighted by atomic mass is 10.2. The number of pyridine rings is 1. The fraction of sp³-hybridized carbons (Fsp3) is 0.571. The van der Waals surface area contributed by atoms with Crippen molar-refractivity contribution in [3.05, 3.63) is 28.5 Å². The van der Waals surface area contributed by atoms with Crippen molar-refractivity contribution >= 4 is 21.8 Å². The van der Waals surface area contributed by atoms with E-state index in [9.17, 15) is 4.79 Å². The summed E-state index contributed by atoms with van der Waals surface area (Å²) in [7, 11) is 0. The zero-order chi connectivity index (χ0) is 13.2. The van der Waals surface area contributed by atoms with E-state index in [1.54, 1.807) is 6.07 Å². The molecule has 0 aromatic carbocycles. The molecule has 1 saturated carbocycles. The molecule has 0 spiro atoms. The second-order valence-corrected chi connectivity index (χ2v) is 6.19. The lowest BCUT2D eigenvalue weighted by Gasteiger charge is -2.34. The van der Waals surface area contributed by atoms with E-state index in [4.69, 9.17) is 0 Å². The molecule has 1 aromatic rings. The zero-order valence-electron chi connectivity index (χ0n) is 10.9. The van der Waals surface area contributed by atoms with Crippen LogP contribution in [0.3, 0.4) is 0 Å². The standard InChI is InChI=1S/C14H18BrN3O/c15-13-3-1-2-12(16-13)14(19)18-8-6-17(7-9-18)10-11-4-5-11/h1-3,11H,4-10H2. The molecular formula is C14H18BrN3O. The molecule has 5 heteroatoms. The Bertz CT molecular complexity index is 468. The van der Waals surface area contributed by atoms with Crippen molar-refractivity contribution in [2.24, 2.45) is 5.92 Å². The molecule has 0 unspecified atom stereocenters. The third-order valence-electron chi connectivity index (χ3n) is 3.81. The van der Waals surface area contributed by atoms with Crippen molar-refractivity contribution in [2.45, 2.75) is 12.8 Å². The van der Waals surface area contributed by atoms with Crippen LogP contribution in [0.5, 0.6) is 0 Å². The van der Waals surface area contributed by atoms with E-state index in [1.807, 2.05) is 17.0 Å². The maximum absolute atomic E-state index is 12.3. The van der Waals surface area contributed by atoms with Gasteiger partial charge in [-0.15, -0.1) is 0 Å². The number of amides is 1. The molecule has 0 bridgehead atoms. The van der Waals surface area contributed by atoms with Crippen molar-refractivity contribution in [3.63, 3.8) is 0 Å². The molecule has 19 heavy (non-hydrogen) atoms. The van der Waals surface area contributed by atoms with Gasteiger partial charge < -0.3 is 4.90 Å². The predicted octanol–water partition coefficient (Wildman–Crippen LogP) is 2.01. The highest BCUT2D eigenvalue weighted by atomic mass is 79.9. The lowest BCUT2D eigenvalue weighted by Crippen LogP contribution is -2.49. The lowest BCUT2D eigenvalue weighted by molar-refractivity contribution is 0.0626. The van der Waals surface area contributed by atoms with E-state index in [-0.39, 0.29) is 5.91 Å². The molecule has 1 aliphatic carbocycles. The summed E-state index contributed by atoms with van der Waals surface area (Å²) in [4.78, 5) is 21.0. The maximum atomic E-state index is 12.3. The van der Waals surface area contributed by atoms with Crippen molar-refractivity contribution in [2.75, 3.05) is 32.7 Å². The molecule has 0 atom stereocenters. The van der Waals surface area contributed by atoms with Crippen LogP contribution in [0.25, 0.3) is 0 Å². The van der Waals surface area contributed by atoms with Crippen molar-refractivity contribution in [1.29, 1.82) is 0 Å². The van der Waals surface area contributed by atoms with Gasteiger partial charge in [0.15, 0.2) is 0 Å². The van der Waals surface area contributed by atoms with Gasteiger partial charge in [-0.2, -0.15) is 0 Å². The molecule has 3 rings (SSSR count). The highest BCUT2D eigenvalue weighted by molar-refractivity contribution is 9.10. The van der Waals surface area contributed by atoms with Gasteiger partial charge in [-0.1, -0.05) is 6.07 Å². The molecule has 1 aromatic heterocycles. The van der Waals surface area contributed by atoms with Crippen molar-refractivity contribution in [3.8, 4) is 0 Å². The molecule has 2 heterocycles. The van der Waals surface area contributed by atoms with Crippen LogP contribution in [0.15, 0.2) is 22.8 Å². The summed E-state index contributed by atoms with van der Waals surface area (Å²) in [5.74, 6) is 0.973. The number of piperazine rings is 1. The summed E-state index contributed by atoms with van der Waals surface area (Å²) in [5, 5.41) is 0. The average molecular weight is 324 g/mol. The van der Waals surface area contributed by atoms with Crippen LogP contribution in [0.1, 0.15) is 23.3 Å². The third-order valence-corrected chi connectivity index (χ3v) is 4.25. The minimum atomic E-state index is 0.0485. The fourth-order valence-corrected chi connectivity index (χ4v) is 2.83. The van der Waals surface area contributed by atoms with Gasteiger partial charge in [0.25, 0.3) is 5.91 Å². The van der Waals surface area contributed by atoms with E-state index >= 15 is 0 Å². The number of nitrogens with zero attached hydrogens (tertiary/aromatic N) is 3. The third kappa shape index (κ3) is 3.34. The Morgan fingerprint density at radius 3 is 2.63 bits per heavy atom. The molecule has 1 aliphatic heterocycles. The number of hydrogen-bond donors (Lipinski definition) is 0. The number of aromatic nitrogens is 1. The van der Waals surface area contributed by atoms with E-state index < -0.39 is 0 Å². The summed E-state index contributed by atoms with van der Waals surface area (Å²) in [6.07, 6.45) is 2.78. The average Bonchev–Trinajstić information content (AvgIpc) is 3.23. The van der Waals surface area contributed by atoms with Crippen LogP contribution < -0.4 is 0 Å². The number of carbonyl (C=O) groups excluding carboxylic acids is 1. The summed E-state index contributed by atoms with van der Waals surface area (Å²) in [6.45, 7) is 4.85. The highest BCUT2D eigenvalue weighted by Gasteiger charge is 2.28. The van der Waals surface area contributed by atoms with Gasteiger partial charge in [-0.25, -0.2) is 4.98 Å². The zero-order valence-corrected chi connectivity index (χ0v) is 12.5. The van der Waals surface area contributed by atoms with Gasteiger partial charge in [0, 0.05) is 32.7 Å².